The van der Waals surface area contributed by atoms with Gasteiger partial charge in [-0.15, -0.1) is 0 Å². The van der Waals surface area contributed by atoms with Crippen LogP contribution in [0.15, 0.2) is 60.7 Å². The third kappa shape index (κ3) is 4.53. The van der Waals surface area contributed by atoms with Crippen LogP contribution in [0.4, 0.5) is 0 Å². The maximum atomic E-state index is 4.64. The molecular weight excluding hydrogens is 278 g/mol. The molecule has 0 aliphatic rings. The van der Waals surface area contributed by atoms with E-state index in [1.807, 2.05) is 25.1 Å². The van der Waals surface area contributed by atoms with Crippen LogP contribution < -0.4 is 0 Å². The molecule has 0 atom stereocenters. The molecule has 0 aliphatic carbocycles. The fourth-order valence-corrected chi connectivity index (χ4v) is 2.44. The molecular formula is C22H27N. The van der Waals surface area contributed by atoms with Gasteiger partial charge in [0.1, 0.15) is 0 Å². The molecule has 1 heteroatoms. The van der Waals surface area contributed by atoms with E-state index in [-0.39, 0.29) is 1.43 Å². The van der Waals surface area contributed by atoms with Crippen molar-refractivity contribution in [1.82, 2.24) is 4.98 Å². The number of benzene rings is 2. The van der Waals surface area contributed by atoms with Crippen LogP contribution in [0.5, 0.6) is 0 Å². The maximum absolute atomic E-state index is 4.64. The Balaban J connectivity index is 0.000000304. The highest BCUT2D eigenvalue weighted by Crippen LogP contribution is 2.26. The summed E-state index contributed by atoms with van der Waals surface area (Å²) in [5.41, 5.74) is 8.63. The van der Waals surface area contributed by atoms with E-state index in [1.54, 1.807) is 0 Å². The zero-order valence-electron chi connectivity index (χ0n) is 14.7. The van der Waals surface area contributed by atoms with Crippen LogP contribution in [0, 0.1) is 34.6 Å². The first kappa shape index (κ1) is 17.0. The Labute approximate surface area is 141 Å². The lowest BCUT2D eigenvalue weighted by Crippen LogP contribution is -1.94. The third-order valence-corrected chi connectivity index (χ3v) is 4.04. The van der Waals surface area contributed by atoms with Gasteiger partial charge in [-0.05, 0) is 57.4 Å². The SMILES string of the molecule is Cc1ccc(C)c(-c2cccc(C)c2C)n1.Cc1ccccc1.[HH]. The van der Waals surface area contributed by atoms with Crippen LogP contribution in [-0.2, 0) is 0 Å². The number of rotatable bonds is 1. The fraction of sp³-hybridized carbons (Fsp3) is 0.227. The highest BCUT2D eigenvalue weighted by molar-refractivity contribution is 5.67. The molecule has 0 aliphatic heterocycles. The lowest BCUT2D eigenvalue weighted by atomic mass is 9.98. The van der Waals surface area contributed by atoms with Crippen molar-refractivity contribution in [3.63, 3.8) is 0 Å². The summed E-state index contributed by atoms with van der Waals surface area (Å²) in [7, 11) is 0. The van der Waals surface area contributed by atoms with Gasteiger partial charge in [-0.1, -0.05) is 60.2 Å². The molecule has 0 amide bonds. The van der Waals surface area contributed by atoms with E-state index < -0.39 is 0 Å². The molecule has 0 saturated carbocycles. The minimum atomic E-state index is 0. The van der Waals surface area contributed by atoms with E-state index in [9.17, 15) is 0 Å². The zero-order valence-corrected chi connectivity index (χ0v) is 14.7. The van der Waals surface area contributed by atoms with Gasteiger partial charge >= 0.3 is 0 Å². The topological polar surface area (TPSA) is 12.9 Å². The van der Waals surface area contributed by atoms with Gasteiger partial charge in [0.2, 0.25) is 0 Å². The molecule has 0 fully saturated rings. The fourth-order valence-electron chi connectivity index (χ4n) is 2.44. The minimum Gasteiger partial charge on any atom is -0.253 e. The number of hydrogen-bond donors (Lipinski definition) is 0. The van der Waals surface area contributed by atoms with Crippen LogP contribution in [0.1, 0.15) is 29.4 Å². The average Bonchev–Trinajstić information content (AvgIpc) is 2.54. The summed E-state index contributed by atoms with van der Waals surface area (Å²) >= 11 is 0. The zero-order chi connectivity index (χ0) is 16.8. The molecule has 120 valence electrons. The second-order valence-corrected chi connectivity index (χ2v) is 6.02. The predicted molar refractivity (Wildman–Crippen MR) is 102 cm³/mol. The molecule has 3 rings (SSSR count). The summed E-state index contributed by atoms with van der Waals surface area (Å²) in [6.07, 6.45) is 0. The van der Waals surface area contributed by atoms with E-state index in [2.05, 4.69) is 75.1 Å². The molecule has 0 radical (unpaired) electrons. The molecule has 0 unspecified atom stereocenters. The molecule has 1 heterocycles. The summed E-state index contributed by atoms with van der Waals surface area (Å²) in [6.45, 7) is 10.5. The Morgan fingerprint density at radius 3 is 1.96 bits per heavy atom. The largest absolute Gasteiger partial charge is 0.253 e. The third-order valence-electron chi connectivity index (χ3n) is 4.04. The predicted octanol–water partition coefficient (Wildman–Crippen LogP) is 6.22. The van der Waals surface area contributed by atoms with Crippen molar-refractivity contribution in [2.75, 3.05) is 0 Å². The molecule has 2 aromatic carbocycles. The van der Waals surface area contributed by atoms with E-state index in [1.165, 1.54) is 27.8 Å². The Hall–Kier alpha value is -2.41. The molecule has 0 saturated heterocycles. The van der Waals surface area contributed by atoms with Crippen LogP contribution in [0.25, 0.3) is 11.3 Å². The van der Waals surface area contributed by atoms with Crippen molar-refractivity contribution in [3.05, 3.63) is 88.6 Å². The van der Waals surface area contributed by atoms with Crippen LogP contribution in [-0.4, -0.2) is 4.98 Å². The van der Waals surface area contributed by atoms with Crippen molar-refractivity contribution in [2.24, 2.45) is 0 Å². The van der Waals surface area contributed by atoms with Crippen LogP contribution >= 0.6 is 0 Å². The summed E-state index contributed by atoms with van der Waals surface area (Å²) < 4.78 is 0. The number of pyridine rings is 1. The molecule has 0 bridgehead atoms. The Morgan fingerprint density at radius 2 is 1.35 bits per heavy atom. The summed E-state index contributed by atoms with van der Waals surface area (Å²) in [5.74, 6) is 0. The molecule has 1 nitrogen and oxygen atoms in total. The van der Waals surface area contributed by atoms with Crippen molar-refractivity contribution in [1.29, 1.82) is 0 Å². The van der Waals surface area contributed by atoms with Gasteiger partial charge in [-0.25, -0.2) is 0 Å². The van der Waals surface area contributed by atoms with Crippen LogP contribution in [0.2, 0.25) is 0 Å². The second kappa shape index (κ2) is 7.73. The minimum absolute atomic E-state index is 0. The van der Waals surface area contributed by atoms with Gasteiger partial charge in [0.05, 0.1) is 5.69 Å². The van der Waals surface area contributed by atoms with Gasteiger partial charge in [-0.2, -0.15) is 0 Å². The first-order chi connectivity index (χ1) is 11.0. The first-order valence-electron chi connectivity index (χ1n) is 8.01. The first-order valence-corrected chi connectivity index (χ1v) is 8.01. The Morgan fingerprint density at radius 1 is 0.652 bits per heavy atom. The maximum Gasteiger partial charge on any atom is 0.0737 e. The van der Waals surface area contributed by atoms with E-state index in [4.69, 9.17) is 0 Å². The number of aromatic nitrogens is 1. The standard InChI is InChI=1S/C15H17N.C7H8.H2/c1-10-6-5-7-14(13(10)4)15-11(2)8-9-12(3)16-15;1-7-5-3-2-4-6-7;/h5-9H,1-4H3;2-6H,1H3;1H. The quantitative estimate of drug-likeness (QED) is 0.520. The van der Waals surface area contributed by atoms with E-state index in [0.717, 1.165) is 11.4 Å². The molecule has 0 spiro atoms. The van der Waals surface area contributed by atoms with Crippen molar-refractivity contribution >= 4 is 0 Å². The van der Waals surface area contributed by atoms with Gasteiger partial charge in [0.15, 0.2) is 0 Å². The normalized spacial score (nSPS) is 9.96. The van der Waals surface area contributed by atoms with E-state index >= 15 is 0 Å². The molecule has 23 heavy (non-hydrogen) atoms. The average molecular weight is 305 g/mol. The second-order valence-electron chi connectivity index (χ2n) is 6.02. The molecule has 3 aromatic rings. The Kier molecular flexibility index (Phi) is 5.70. The van der Waals surface area contributed by atoms with Gasteiger partial charge < -0.3 is 0 Å². The highest BCUT2D eigenvalue weighted by atomic mass is 14.7. The van der Waals surface area contributed by atoms with Crippen molar-refractivity contribution in [3.8, 4) is 11.3 Å². The lowest BCUT2D eigenvalue weighted by Gasteiger charge is -2.11. The van der Waals surface area contributed by atoms with Gasteiger partial charge in [0.25, 0.3) is 0 Å². The van der Waals surface area contributed by atoms with Gasteiger partial charge in [-0.3, -0.25) is 4.98 Å². The summed E-state index contributed by atoms with van der Waals surface area (Å²) in [4.78, 5) is 4.64. The monoisotopic (exact) mass is 305 g/mol. The van der Waals surface area contributed by atoms with Gasteiger partial charge in [0, 0.05) is 12.7 Å². The smallest absolute Gasteiger partial charge is 0.0737 e. The summed E-state index contributed by atoms with van der Waals surface area (Å²) in [6, 6.07) is 20.9. The van der Waals surface area contributed by atoms with Crippen molar-refractivity contribution in [2.45, 2.75) is 34.6 Å². The number of aryl methyl sites for hydroxylation is 4. The highest BCUT2D eigenvalue weighted by Gasteiger charge is 2.07. The molecule has 0 N–H and O–H groups in total. The number of nitrogens with zero attached hydrogens (tertiary/aromatic N) is 1. The summed E-state index contributed by atoms with van der Waals surface area (Å²) in [5, 5.41) is 0. The molecule has 1 aromatic heterocycles. The number of hydrogen-bond acceptors (Lipinski definition) is 1. The Bertz CT molecular complexity index is 779. The van der Waals surface area contributed by atoms with E-state index in [0.29, 0.717) is 0 Å². The van der Waals surface area contributed by atoms with Crippen molar-refractivity contribution < 1.29 is 1.43 Å². The van der Waals surface area contributed by atoms with Crippen LogP contribution in [0.3, 0.4) is 0 Å². The lowest BCUT2D eigenvalue weighted by molar-refractivity contribution is 1.17.